The van der Waals surface area contributed by atoms with Crippen molar-refractivity contribution < 1.29 is 14.6 Å². The van der Waals surface area contributed by atoms with Crippen molar-refractivity contribution in [3.05, 3.63) is 65.4 Å². The first-order chi connectivity index (χ1) is 16.0. The molecule has 0 fully saturated rings. The van der Waals surface area contributed by atoms with Gasteiger partial charge in [-0.2, -0.15) is 0 Å². The number of hydrogen-bond donors (Lipinski definition) is 3. The number of hydrogen-bond acceptors (Lipinski definition) is 8. The van der Waals surface area contributed by atoms with Crippen LogP contribution >= 0.6 is 11.3 Å². The van der Waals surface area contributed by atoms with Crippen LogP contribution in [0, 0.1) is 6.92 Å². The Hall–Kier alpha value is -3.56. The maximum Gasteiger partial charge on any atom is 0.258 e. The number of nitrogens with zero attached hydrogens (tertiary/aromatic N) is 3. The van der Waals surface area contributed by atoms with Crippen molar-refractivity contribution in [2.75, 3.05) is 25.1 Å². The molecule has 8 nitrogen and oxygen atoms in total. The number of thiazole rings is 1. The molecule has 1 atom stereocenters. The van der Waals surface area contributed by atoms with Crippen LogP contribution in [0.1, 0.15) is 24.4 Å². The molecule has 2 aromatic carbocycles. The lowest BCUT2D eigenvalue weighted by molar-refractivity contribution is -0.123. The average molecular weight is 464 g/mol. The highest BCUT2D eigenvalue weighted by atomic mass is 32.1. The molecule has 0 aliphatic carbocycles. The Balaban J connectivity index is 1.47. The fourth-order valence-electron chi connectivity index (χ4n) is 3.38. The summed E-state index contributed by atoms with van der Waals surface area (Å²) in [6, 6.07) is 15.6. The Bertz CT molecular complexity index is 1260. The maximum absolute atomic E-state index is 11.7. The van der Waals surface area contributed by atoms with Crippen molar-refractivity contribution in [3.8, 4) is 17.0 Å². The highest BCUT2D eigenvalue weighted by Crippen LogP contribution is 2.28. The summed E-state index contributed by atoms with van der Waals surface area (Å²) in [7, 11) is 0. The van der Waals surface area contributed by atoms with Crippen molar-refractivity contribution in [1.29, 1.82) is 0 Å². The van der Waals surface area contributed by atoms with Crippen LogP contribution in [0.3, 0.4) is 0 Å². The number of aliphatic hydroxyl groups is 1. The van der Waals surface area contributed by atoms with E-state index in [4.69, 9.17) is 9.84 Å². The summed E-state index contributed by atoms with van der Waals surface area (Å²) < 4.78 is 6.70. The third-order valence-electron chi connectivity index (χ3n) is 4.99. The van der Waals surface area contributed by atoms with Crippen molar-refractivity contribution >= 4 is 33.3 Å². The highest BCUT2D eigenvalue weighted by molar-refractivity contribution is 7.16. The summed E-state index contributed by atoms with van der Waals surface area (Å²) in [6.07, 6.45) is 0. The predicted octanol–water partition coefficient (Wildman–Crippen LogP) is 3.72. The molecule has 3 N–H and O–H groups in total. The van der Waals surface area contributed by atoms with Crippen molar-refractivity contribution in [3.63, 3.8) is 0 Å². The van der Waals surface area contributed by atoms with E-state index in [0.717, 1.165) is 32.9 Å². The van der Waals surface area contributed by atoms with Crippen LogP contribution in [0.4, 0.5) is 5.82 Å². The van der Waals surface area contributed by atoms with E-state index in [1.54, 1.807) is 17.4 Å². The normalized spacial score (nSPS) is 11.8. The van der Waals surface area contributed by atoms with Crippen molar-refractivity contribution in [2.45, 2.75) is 19.9 Å². The molecule has 9 heteroatoms. The monoisotopic (exact) mass is 463 g/mol. The quantitative estimate of drug-likeness (QED) is 0.347. The van der Waals surface area contributed by atoms with E-state index in [2.05, 4.69) is 31.7 Å². The molecule has 1 unspecified atom stereocenters. The van der Waals surface area contributed by atoms with E-state index in [1.165, 1.54) is 0 Å². The van der Waals surface area contributed by atoms with Gasteiger partial charge in [0, 0.05) is 18.2 Å². The maximum atomic E-state index is 11.7. The molecular formula is C24H25N5O3S. The lowest BCUT2D eigenvalue weighted by Gasteiger charge is -2.17. The number of anilines is 1. The van der Waals surface area contributed by atoms with Gasteiger partial charge in [0.05, 0.1) is 34.1 Å². The molecule has 0 spiro atoms. The summed E-state index contributed by atoms with van der Waals surface area (Å²) in [5.41, 5.74) is 5.68. The zero-order valence-corrected chi connectivity index (χ0v) is 19.2. The molecule has 1 amide bonds. The third-order valence-corrected chi connectivity index (χ3v) is 5.78. The Morgan fingerprint density at radius 3 is 2.91 bits per heavy atom. The van der Waals surface area contributed by atoms with Gasteiger partial charge in [-0.05, 0) is 43.7 Å². The molecular weight excluding hydrogens is 438 g/mol. The Morgan fingerprint density at radius 1 is 1.18 bits per heavy atom. The van der Waals surface area contributed by atoms with E-state index in [1.807, 2.05) is 55.8 Å². The first-order valence-electron chi connectivity index (χ1n) is 10.6. The number of aryl methyl sites for hydroxylation is 1. The van der Waals surface area contributed by atoms with E-state index < -0.39 is 0 Å². The minimum atomic E-state index is -0.277. The van der Waals surface area contributed by atoms with E-state index in [0.29, 0.717) is 11.6 Å². The summed E-state index contributed by atoms with van der Waals surface area (Å²) in [4.78, 5) is 25.2. The minimum Gasteiger partial charge on any atom is -0.484 e. The first kappa shape index (κ1) is 22.6. The fraction of sp³-hybridized carbons (Fsp3) is 0.250. The lowest BCUT2D eigenvalue weighted by Crippen LogP contribution is -2.31. The average Bonchev–Trinajstić information content (AvgIpc) is 3.29. The van der Waals surface area contributed by atoms with Crippen LogP contribution < -0.4 is 15.4 Å². The molecule has 33 heavy (non-hydrogen) atoms. The Labute approximate surface area is 195 Å². The number of ether oxygens (including phenoxy) is 1. The highest BCUT2D eigenvalue weighted by Gasteiger charge is 2.11. The Morgan fingerprint density at radius 2 is 2.06 bits per heavy atom. The van der Waals surface area contributed by atoms with Gasteiger partial charge in [-0.25, -0.2) is 15.0 Å². The second kappa shape index (κ2) is 10.4. The van der Waals surface area contributed by atoms with Crippen LogP contribution in [0.5, 0.6) is 5.75 Å². The molecule has 0 aliphatic rings. The standard InChI is InChI=1S/C24H25N5O3S/c1-15(17-4-3-5-19(10-17)32-13-24(31)25-8-9-30)27-23-12-21(28-16(2)29-23)18-6-7-20-22(11-18)33-14-26-20/h3-7,10-12,14-15,30H,8-9,13H2,1-2H3,(H,25,31)(H,27,28,29). The molecule has 4 aromatic rings. The summed E-state index contributed by atoms with van der Waals surface area (Å²) >= 11 is 1.61. The third kappa shape index (κ3) is 5.82. The second-order valence-corrected chi connectivity index (χ2v) is 8.41. The summed E-state index contributed by atoms with van der Waals surface area (Å²) in [6.45, 7) is 3.91. The first-order valence-corrected chi connectivity index (χ1v) is 11.5. The van der Waals surface area contributed by atoms with E-state index >= 15 is 0 Å². The smallest absolute Gasteiger partial charge is 0.258 e. The van der Waals surface area contributed by atoms with Crippen molar-refractivity contribution in [1.82, 2.24) is 20.3 Å². The van der Waals surface area contributed by atoms with Crippen molar-refractivity contribution in [2.24, 2.45) is 0 Å². The van der Waals surface area contributed by atoms with Crippen LogP contribution in [0.25, 0.3) is 21.5 Å². The number of aliphatic hydroxyl groups excluding tert-OH is 1. The van der Waals surface area contributed by atoms with Gasteiger partial charge in [0.15, 0.2) is 6.61 Å². The van der Waals surface area contributed by atoms with Gasteiger partial charge >= 0.3 is 0 Å². The van der Waals surface area contributed by atoms with Crippen LogP contribution in [0.15, 0.2) is 54.0 Å². The van der Waals surface area contributed by atoms with Crippen LogP contribution in [-0.4, -0.2) is 45.7 Å². The molecule has 0 bridgehead atoms. The molecule has 4 rings (SSSR count). The zero-order valence-electron chi connectivity index (χ0n) is 18.4. The van der Waals surface area contributed by atoms with Gasteiger partial charge in [-0.15, -0.1) is 11.3 Å². The minimum absolute atomic E-state index is 0.0529. The van der Waals surface area contributed by atoms with E-state index in [-0.39, 0.29) is 31.7 Å². The number of carbonyl (C=O) groups excluding carboxylic acids is 1. The second-order valence-electron chi connectivity index (χ2n) is 7.52. The molecule has 0 saturated heterocycles. The SMILES string of the molecule is Cc1nc(NC(C)c2cccc(OCC(=O)NCCO)c2)cc(-c2ccc3ncsc3c2)n1. The van der Waals surface area contributed by atoms with Crippen LogP contribution in [0.2, 0.25) is 0 Å². The molecule has 2 aromatic heterocycles. The fourth-order valence-corrected chi connectivity index (χ4v) is 4.09. The molecule has 0 saturated carbocycles. The van der Waals surface area contributed by atoms with Gasteiger partial charge in [-0.3, -0.25) is 4.79 Å². The number of amides is 1. The number of benzene rings is 2. The van der Waals surface area contributed by atoms with Gasteiger partial charge < -0.3 is 20.5 Å². The number of carbonyl (C=O) groups is 1. The summed E-state index contributed by atoms with van der Waals surface area (Å²) in [5.74, 6) is 1.72. The molecule has 0 radical (unpaired) electrons. The van der Waals surface area contributed by atoms with Crippen LogP contribution in [-0.2, 0) is 4.79 Å². The number of fused-ring (bicyclic) bond motifs is 1. The topological polar surface area (TPSA) is 109 Å². The summed E-state index contributed by atoms with van der Waals surface area (Å²) in [5, 5.41) is 14.8. The molecule has 2 heterocycles. The van der Waals surface area contributed by atoms with Gasteiger partial charge in [0.2, 0.25) is 0 Å². The predicted molar refractivity (Wildman–Crippen MR) is 129 cm³/mol. The Kier molecular flexibility index (Phi) is 7.11. The molecule has 0 aliphatic heterocycles. The van der Waals surface area contributed by atoms with Gasteiger partial charge in [-0.1, -0.05) is 18.2 Å². The zero-order chi connectivity index (χ0) is 23.2. The number of nitrogens with one attached hydrogen (secondary N) is 2. The van der Waals surface area contributed by atoms with E-state index in [9.17, 15) is 4.79 Å². The molecule has 170 valence electrons. The largest absolute Gasteiger partial charge is 0.484 e. The van der Waals surface area contributed by atoms with Gasteiger partial charge in [0.1, 0.15) is 17.4 Å². The van der Waals surface area contributed by atoms with Gasteiger partial charge in [0.25, 0.3) is 5.91 Å². The number of aromatic nitrogens is 3. The lowest BCUT2D eigenvalue weighted by atomic mass is 10.1. The number of rotatable bonds is 9.